The molecule has 0 radical (unpaired) electrons. The maximum absolute atomic E-state index is 13.0. The van der Waals surface area contributed by atoms with Gasteiger partial charge in [-0.15, -0.1) is 11.3 Å². The van der Waals surface area contributed by atoms with Crippen LogP contribution in [0.4, 0.5) is 8.78 Å². The second-order valence-corrected chi connectivity index (χ2v) is 5.55. The third-order valence-corrected chi connectivity index (χ3v) is 4.01. The monoisotopic (exact) mass is 268 g/mol. The number of alkyl halides is 2. The van der Waals surface area contributed by atoms with Gasteiger partial charge in [-0.3, -0.25) is 0 Å². The molecule has 1 aliphatic rings. The van der Waals surface area contributed by atoms with Crippen LogP contribution in [-0.4, -0.2) is 17.5 Å². The van der Waals surface area contributed by atoms with Crippen LogP contribution in [0.25, 0.3) is 0 Å². The molecule has 2 nitrogen and oxygen atoms in total. The Morgan fingerprint density at radius 2 is 2.31 bits per heavy atom. The van der Waals surface area contributed by atoms with Crippen LogP contribution >= 0.6 is 27.3 Å². The van der Waals surface area contributed by atoms with Crippen molar-refractivity contribution in [1.82, 2.24) is 4.98 Å². The highest BCUT2D eigenvalue weighted by Gasteiger charge is 2.72. The van der Waals surface area contributed by atoms with Gasteiger partial charge in [-0.25, -0.2) is 13.8 Å². The first-order valence-corrected chi connectivity index (χ1v) is 5.32. The van der Waals surface area contributed by atoms with Crippen molar-refractivity contribution in [3.05, 3.63) is 15.0 Å². The van der Waals surface area contributed by atoms with Gasteiger partial charge in [0.2, 0.25) is 0 Å². The molecule has 0 bridgehead atoms. The minimum atomic E-state index is -2.67. The van der Waals surface area contributed by atoms with E-state index >= 15 is 0 Å². The molecule has 1 unspecified atom stereocenters. The van der Waals surface area contributed by atoms with E-state index in [1.807, 2.05) is 0 Å². The van der Waals surface area contributed by atoms with Crippen LogP contribution in [0.5, 0.6) is 0 Å². The first-order valence-electron chi connectivity index (χ1n) is 3.71. The fourth-order valence-electron chi connectivity index (χ4n) is 1.35. The predicted molar refractivity (Wildman–Crippen MR) is 50.1 cm³/mol. The molecule has 72 valence electrons. The molecule has 2 rings (SSSR count). The average molecular weight is 269 g/mol. The van der Waals surface area contributed by atoms with Crippen molar-refractivity contribution >= 4 is 27.3 Å². The van der Waals surface area contributed by atoms with Gasteiger partial charge in [0.1, 0.15) is 10.4 Å². The number of rotatable bonds is 2. The highest BCUT2D eigenvalue weighted by atomic mass is 79.9. The lowest BCUT2D eigenvalue weighted by Crippen LogP contribution is -2.26. The Kier molecular flexibility index (Phi) is 1.98. The number of hydrogen-bond donors (Lipinski definition) is 1. The number of halogens is 3. The van der Waals surface area contributed by atoms with E-state index in [1.165, 1.54) is 17.5 Å². The van der Waals surface area contributed by atoms with E-state index in [-0.39, 0.29) is 13.0 Å². The van der Waals surface area contributed by atoms with Crippen LogP contribution in [0, 0.1) is 0 Å². The first kappa shape index (κ1) is 9.48. The topological polar surface area (TPSA) is 38.9 Å². The molecule has 1 fully saturated rings. The molecule has 1 aromatic heterocycles. The van der Waals surface area contributed by atoms with E-state index in [0.29, 0.717) is 5.01 Å². The Morgan fingerprint density at radius 3 is 2.62 bits per heavy atom. The molecule has 0 amide bonds. The summed E-state index contributed by atoms with van der Waals surface area (Å²) in [5.74, 6) is -2.67. The molecule has 6 heteroatoms. The lowest BCUT2D eigenvalue weighted by atomic mass is 10.1. The second kappa shape index (κ2) is 2.71. The van der Waals surface area contributed by atoms with Crippen molar-refractivity contribution in [3.8, 4) is 0 Å². The van der Waals surface area contributed by atoms with Crippen molar-refractivity contribution in [1.29, 1.82) is 0 Å². The fraction of sp³-hybridized carbons (Fsp3) is 0.571. The van der Waals surface area contributed by atoms with Crippen LogP contribution in [0.15, 0.2) is 9.98 Å². The molecule has 0 spiro atoms. The molecule has 1 heterocycles. The summed E-state index contributed by atoms with van der Waals surface area (Å²) < 4.78 is 26.8. The van der Waals surface area contributed by atoms with E-state index in [0.717, 1.165) is 3.79 Å². The highest BCUT2D eigenvalue weighted by Crippen LogP contribution is 2.61. The molecule has 0 saturated heterocycles. The number of thiazole rings is 1. The highest BCUT2D eigenvalue weighted by molar-refractivity contribution is 9.11. The van der Waals surface area contributed by atoms with E-state index in [9.17, 15) is 8.78 Å². The molecule has 1 aliphatic carbocycles. The third-order valence-electron chi connectivity index (χ3n) is 2.33. The van der Waals surface area contributed by atoms with E-state index in [2.05, 4.69) is 20.9 Å². The van der Waals surface area contributed by atoms with Gasteiger partial charge >= 0.3 is 0 Å². The molecular formula is C7H7BrF2N2S. The van der Waals surface area contributed by atoms with Gasteiger partial charge in [0.15, 0.2) is 0 Å². The molecule has 1 aromatic rings. The van der Waals surface area contributed by atoms with Crippen LogP contribution < -0.4 is 5.73 Å². The van der Waals surface area contributed by atoms with Crippen LogP contribution in [-0.2, 0) is 5.41 Å². The summed E-state index contributed by atoms with van der Waals surface area (Å²) in [6, 6.07) is 0. The molecule has 13 heavy (non-hydrogen) atoms. The Morgan fingerprint density at radius 1 is 1.69 bits per heavy atom. The molecule has 0 aromatic carbocycles. The summed E-state index contributed by atoms with van der Waals surface area (Å²) in [6.07, 6.45) is 1.36. The molecule has 0 aliphatic heterocycles. The number of nitrogens with two attached hydrogens (primary N) is 1. The third kappa shape index (κ3) is 1.23. The van der Waals surface area contributed by atoms with Crippen molar-refractivity contribution in [2.75, 3.05) is 6.54 Å². The normalized spacial score (nSPS) is 30.5. The summed E-state index contributed by atoms with van der Waals surface area (Å²) in [6.45, 7) is -0.0417. The fourth-order valence-corrected chi connectivity index (χ4v) is 2.81. The zero-order valence-electron chi connectivity index (χ0n) is 6.56. The maximum Gasteiger partial charge on any atom is 0.262 e. The SMILES string of the molecule is NCC1(c2ncc(Br)s2)CC1(F)F. The smallest absolute Gasteiger partial charge is 0.262 e. The summed E-state index contributed by atoms with van der Waals surface area (Å²) in [5, 5.41) is 0.437. The Hall–Kier alpha value is -0.0700. The lowest BCUT2D eigenvalue weighted by molar-refractivity contribution is 0.0895. The zero-order valence-corrected chi connectivity index (χ0v) is 8.96. The van der Waals surface area contributed by atoms with Crippen molar-refractivity contribution in [2.24, 2.45) is 5.73 Å². The van der Waals surface area contributed by atoms with Gasteiger partial charge in [0.05, 0.1) is 9.98 Å². The number of aromatic nitrogens is 1. The van der Waals surface area contributed by atoms with Gasteiger partial charge in [-0.05, 0) is 15.9 Å². The molecular weight excluding hydrogens is 262 g/mol. The van der Waals surface area contributed by atoms with E-state index in [4.69, 9.17) is 5.73 Å². The standard InChI is InChI=1S/C7H7BrF2N2S/c8-4-1-12-5(13-4)6(3-11)2-7(6,9)10/h1H,2-3,11H2. The predicted octanol–water partition coefficient (Wildman–Crippen LogP) is 2.14. The van der Waals surface area contributed by atoms with Crippen LogP contribution in [0.2, 0.25) is 0 Å². The van der Waals surface area contributed by atoms with Gasteiger partial charge in [-0.1, -0.05) is 0 Å². The van der Waals surface area contributed by atoms with Gasteiger partial charge in [-0.2, -0.15) is 0 Å². The van der Waals surface area contributed by atoms with Crippen LogP contribution in [0.3, 0.4) is 0 Å². The quantitative estimate of drug-likeness (QED) is 0.893. The number of hydrogen-bond acceptors (Lipinski definition) is 3. The Bertz CT molecular complexity index is 341. The Balaban J connectivity index is 2.35. The number of nitrogens with zero attached hydrogens (tertiary/aromatic N) is 1. The largest absolute Gasteiger partial charge is 0.329 e. The first-order chi connectivity index (χ1) is 6.02. The summed E-state index contributed by atoms with van der Waals surface area (Å²) in [7, 11) is 0. The minimum absolute atomic E-state index is 0.0417. The van der Waals surface area contributed by atoms with E-state index in [1.54, 1.807) is 0 Å². The summed E-state index contributed by atoms with van der Waals surface area (Å²) >= 11 is 4.42. The molecule has 1 atom stereocenters. The average Bonchev–Trinajstić information content (AvgIpc) is 2.43. The van der Waals surface area contributed by atoms with Gasteiger partial charge in [0.25, 0.3) is 5.92 Å². The second-order valence-electron chi connectivity index (χ2n) is 3.14. The maximum atomic E-state index is 13.0. The zero-order chi connectivity index (χ0) is 9.69. The lowest BCUT2D eigenvalue weighted by Gasteiger charge is -2.08. The van der Waals surface area contributed by atoms with Crippen LogP contribution in [0.1, 0.15) is 11.4 Å². The summed E-state index contributed by atoms with van der Waals surface area (Å²) in [4.78, 5) is 3.93. The summed E-state index contributed by atoms with van der Waals surface area (Å²) in [5.41, 5.74) is 4.18. The molecule has 1 saturated carbocycles. The van der Waals surface area contributed by atoms with Crippen molar-refractivity contribution in [2.45, 2.75) is 17.8 Å². The Labute approximate surface area is 86.3 Å². The minimum Gasteiger partial charge on any atom is -0.329 e. The molecule has 2 N–H and O–H groups in total. The van der Waals surface area contributed by atoms with Gasteiger partial charge < -0.3 is 5.73 Å². The van der Waals surface area contributed by atoms with Crippen molar-refractivity contribution in [3.63, 3.8) is 0 Å². The van der Waals surface area contributed by atoms with Gasteiger partial charge in [0, 0.05) is 13.0 Å². The van der Waals surface area contributed by atoms with E-state index < -0.39 is 11.3 Å². The van der Waals surface area contributed by atoms with Crippen molar-refractivity contribution < 1.29 is 8.78 Å².